The maximum Gasteiger partial charge on any atom is 0.417 e. The average Bonchev–Trinajstić information content (AvgIpc) is 3.51. The summed E-state index contributed by atoms with van der Waals surface area (Å²) in [5, 5.41) is 14.5. The number of benzene rings is 2. The van der Waals surface area contributed by atoms with Crippen LogP contribution in [0.4, 0.5) is 40.8 Å². The Morgan fingerprint density at radius 3 is 2.25 bits per heavy atom. The minimum Gasteiger partial charge on any atom is -0.369 e. The van der Waals surface area contributed by atoms with Gasteiger partial charge in [-0.3, -0.25) is 29.4 Å². The van der Waals surface area contributed by atoms with Gasteiger partial charge >= 0.3 is 12.2 Å². The second kappa shape index (κ2) is 18.0. The first-order chi connectivity index (χ1) is 30.2. The van der Waals surface area contributed by atoms with Gasteiger partial charge in [0.25, 0.3) is 0 Å². The van der Waals surface area contributed by atoms with E-state index in [2.05, 4.69) is 30.3 Å². The number of urea groups is 1. The number of fused-ring (bicyclic) bond motifs is 1. The third kappa shape index (κ3) is 9.36. The number of Topliss-reactive ketones (excluding diaryl/α,β-unsaturated/α-hetero) is 2. The van der Waals surface area contributed by atoms with Crippen molar-refractivity contribution in [3.63, 3.8) is 0 Å². The zero-order valence-electron chi connectivity index (χ0n) is 35.5. The number of carbonyl (C=O) groups excluding carboxylic acids is 5. The Bertz CT molecular complexity index is 2300. The number of rotatable bonds is 9. The van der Waals surface area contributed by atoms with Crippen molar-refractivity contribution in [2.24, 2.45) is 17.8 Å². The summed E-state index contributed by atoms with van der Waals surface area (Å²) in [5.74, 6) is -0.730. The summed E-state index contributed by atoms with van der Waals surface area (Å²) >= 11 is 0. The number of piperazine rings is 2. The van der Waals surface area contributed by atoms with Crippen molar-refractivity contribution in [3.05, 3.63) is 77.0 Å². The Labute approximate surface area is 364 Å². The molecular formula is C46H52F3N9O5. The van der Waals surface area contributed by atoms with Crippen molar-refractivity contribution >= 4 is 52.3 Å². The molecular weight excluding hydrogens is 816 g/mol. The van der Waals surface area contributed by atoms with Gasteiger partial charge in [0.15, 0.2) is 11.6 Å². The van der Waals surface area contributed by atoms with E-state index < -0.39 is 23.2 Å². The van der Waals surface area contributed by atoms with Crippen LogP contribution >= 0.6 is 0 Å². The van der Waals surface area contributed by atoms with Gasteiger partial charge in [0, 0.05) is 106 Å². The number of hydrogen-bond donors (Lipinski definition) is 2. The Morgan fingerprint density at radius 2 is 1.57 bits per heavy atom. The first-order valence-corrected chi connectivity index (χ1v) is 21.9. The predicted molar refractivity (Wildman–Crippen MR) is 230 cm³/mol. The number of imide groups is 1. The molecule has 3 aromatic rings. The van der Waals surface area contributed by atoms with Gasteiger partial charge in [0.1, 0.15) is 5.82 Å². The third-order valence-electron chi connectivity index (χ3n) is 13.5. The Balaban J connectivity index is 0.767. The van der Waals surface area contributed by atoms with Crippen LogP contribution in [-0.2, 0) is 15.8 Å². The molecule has 14 nitrogen and oxygen atoms in total. The molecule has 8 rings (SSSR count). The standard InChI is InChI=1S/C46H52F3N9O5/c1-28-26-58(29(2)25-57(28)35-7-3-32(23-50)39(22-35)46(47,48)49)45(63)52-33-6-11-40(51-24-33)56-15-13-30(14-16-56)27-54-17-19-55(20-18-54)34-8-10-36-38(21-34)43(61)37(42(36)60)9-4-31-5-12-41(59)53-44(31)62/h3,6-8,10-11,21-22,24,28-31,37H,4-5,9,12-20,25-27H2,1-2H3,(H,52,63)(H,53,59,62)/t28-,29+,31?,37?/m0/s1. The molecule has 4 atom stereocenters. The van der Waals surface area contributed by atoms with Gasteiger partial charge in [-0.1, -0.05) is 0 Å². The quantitative estimate of drug-likeness (QED) is 0.193. The first kappa shape index (κ1) is 43.6. The summed E-state index contributed by atoms with van der Waals surface area (Å²) in [6.45, 7) is 10.5. The summed E-state index contributed by atoms with van der Waals surface area (Å²) in [4.78, 5) is 78.9. The van der Waals surface area contributed by atoms with Gasteiger partial charge in [-0.2, -0.15) is 18.4 Å². The van der Waals surface area contributed by atoms with Gasteiger partial charge in [-0.15, -0.1) is 0 Å². The summed E-state index contributed by atoms with van der Waals surface area (Å²) in [6, 6.07) is 13.8. The molecule has 5 aliphatic rings. The van der Waals surface area contributed by atoms with Crippen molar-refractivity contribution < 1.29 is 37.1 Å². The van der Waals surface area contributed by atoms with Crippen LogP contribution in [-0.4, -0.2) is 115 Å². The molecule has 2 unspecified atom stereocenters. The molecule has 5 heterocycles. The van der Waals surface area contributed by atoms with Gasteiger partial charge in [-0.05, 0) is 100 Å². The molecule has 1 aromatic heterocycles. The van der Waals surface area contributed by atoms with Gasteiger partial charge in [0.05, 0.1) is 35.0 Å². The molecule has 17 heteroatoms. The van der Waals surface area contributed by atoms with Gasteiger partial charge in [0.2, 0.25) is 11.8 Å². The number of pyridine rings is 1. The van der Waals surface area contributed by atoms with E-state index in [0.29, 0.717) is 60.8 Å². The molecule has 63 heavy (non-hydrogen) atoms. The second-order valence-corrected chi connectivity index (χ2v) is 17.6. The van der Waals surface area contributed by atoms with E-state index in [9.17, 15) is 42.4 Å². The number of ketones is 2. The minimum absolute atomic E-state index is 0.181. The predicted octanol–water partition coefficient (Wildman–Crippen LogP) is 5.97. The van der Waals surface area contributed by atoms with Crippen molar-refractivity contribution in [1.29, 1.82) is 5.26 Å². The number of piperidine rings is 2. The average molecular weight is 868 g/mol. The van der Waals surface area contributed by atoms with E-state index in [0.717, 1.165) is 76.2 Å². The number of hydrogen-bond acceptors (Lipinski definition) is 11. The van der Waals surface area contributed by atoms with Crippen LogP contribution in [0.15, 0.2) is 54.7 Å². The lowest BCUT2D eigenvalue weighted by molar-refractivity contribution is -0.138. The molecule has 0 bridgehead atoms. The van der Waals surface area contributed by atoms with Crippen molar-refractivity contribution in [1.82, 2.24) is 20.1 Å². The fraction of sp³-hybridized carbons (Fsp3) is 0.500. The van der Waals surface area contributed by atoms with Crippen molar-refractivity contribution in [2.45, 2.75) is 70.6 Å². The van der Waals surface area contributed by atoms with E-state index in [1.807, 2.05) is 43.0 Å². The summed E-state index contributed by atoms with van der Waals surface area (Å²) < 4.78 is 40.9. The zero-order valence-corrected chi connectivity index (χ0v) is 35.5. The van der Waals surface area contributed by atoms with Crippen LogP contribution in [0.25, 0.3) is 0 Å². The third-order valence-corrected chi connectivity index (χ3v) is 13.5. The lowest BCUT2D eigenvalue weighted by atomic mass is 9.88. The van der Waals surface area contributed by atoms with E-state index in [-0.39, 0.29) is 53.8 Å². The molecule has 4 fully saturated rings. The molecule has 1 aliphatic carbocycles. The monoisotopic (exact) mass is 867 g/mol. The number of amides is 4. The van der Waals surface area contributed by atoms with Crippen LogP contribution in [0.5, 0.6) is 0 Å². The van der Waals surface area contributed by atoms with Crippen LogP contribution < -0.4 is 25.3 Å². The summed E-state index contributed by atoms with van der Waals surface area (Å²) in [6.07, 6.45) is 0.444. The molecule has 4 saturated heterocycles. The lowest BCUT2D eigenvalue weighted by Gasteiger charge is -2.45. The number of anilines is 4. The highest BCUT2D eigenvalue weighted by molar-refractivity contribution is 6.26. The van der Waals surface area contributed by atoms with E-state index >= 15 is 0 Å². The minimum atomic E-state index is -4.66. The molecule has 4 amide bonds. The highest BCUT2D eigenvalue weighted by Gasteiger charge is 2.41. The topological polar surface area (TPSA) is 162 Å². The van der Waals surface area contributed by atoms with E-state index in [4.69, 9.17) is 0 Å². The van der Waals surface area contributed by atoms with Crippen molar-refractivity contribution in [3.8, 4) is 6.07 Å². The van der Waals surface area contributed by atoms with E-state index in [1.165, 1.54) is 12.1 Å². The highest BCUT2D eigenvalue weighted by atomic mass is 19.4. The zero-order chi connectivity index (χ0) is 44.6. The smallest absolute Gasteiger partial charge is 0.369 e. The Kier molecular flexibility index (Phi) is 12.5. The number of aromatic nitrogens is 1. The first-order valence-electron chi connectivity index (χ1n) is 21.9. The molecule has 2 aromatic carbocycles. The number of nitriles is 1. The van der Waals surface area contributed by atoms with Crippen LogP contribution in [0.2, 0.25) is 0 Å². The normalized spacial score (nSPS) is 23.7. The lowest BCUT2D eigenvalue weighted by Crippen LogP contribution is -2.59. The van der Waals surface area contributed by atoms with Gasteiger partial charge in [-0.25, -0.2) is 9.78 Å². The maximum atomic E-state index is 13.6. The number of alkyl halides is 3. The largest absolute Gasteiger partial charge is 0.417 e. The Morgan fingerprint density at radius 1 is 0.841 bits per heavy atom. The van der Waals surface area contributed by atoms with Crippen LogP contribution in [0, 0.1) is 29.1 Å². The number of carbonyl (C=O) groups is 5. The highest BCUT2D eigenvalue weighted by Crippen LogP contribution is 2.37. The molecule has 0 spiro atoms. The number of nitrogens with zero attached hydrogens (tertiary/aromatic N) is 7. The fourth-order valence-corrected chi connectivity index (χ4v) is 9.84. The van der Waals surface area contributed by atoms with Crippen LogP contribution in [0.3, 0.4) is 0 Å². The fourth-order valence-electron chi connectivity index (χ4n) is 9.84. The number of nitrogens with one attached hydrogen (secondary N) is 2. The van der Waals surface area contributed by atoms with Crippen LogP contribution in [0.1, 0.15) is 84.2 Å². The van der Waals surface area contributed by atoms with Gasteiger partial charge < -0.3 is 24.9 Å². The molecule has 0 radical (unpaired) electrons. The molecule has 0 saturated carbocycles. The SMILES string of the molecule is C[C@@H]1CN(c2ccc(C#N)c(C(F)(F)F)c2)[C@@H](C)CN1C(=O)Nc1ccc(N2CCC(CN3CCN(c4ccc5c(c4)C(=O)C(CCC4CCC(=O)NC4=O)C5=O)CC3)CC2)nc1. The van der Waals surface area contributed by atoms with E-state index in [1.54, 1.807) is 23.2 Å². The molecule has 332 valence electrons. The second-order valence-electron chi connectivity index (χ2n) is 17.6. The summed E-state index contributed by atoms with van der Waals surface area (Å²) in [7, 11) is 0. The van der Waals surface area contributed by atoms with Crippen molar-refractivity contribution in [2.75, 3.05) is 78.9 Å². The maximum absolute atomic E-state index is 13.6. The Hall–Kier alpha value is -6.02. The molecule has 2 N–H and O–H groups in total. The summed E-state index contributed by atoms with van der Waals surface area (Å²) in [5.41, 5.74) is 1.36. The molecule has 4 aliphatic heterocycles. The number of halogens is 3.